The first-order chi connectivity index (χ1) is 15.3. The summed E-state index contributed by atoms with van der Waals surface area (Å²) in [7, 11) is 2.09. The molecule has 1 saturated carbocycles. The van der Waals surface area contributed by atoms with Crippen molar-refractivity contribution in [3.8, 4) is 23.1 Å². The van der Waals surface area contributed by atoms with E-state index in [4.69, 9.17) is 21.5 Å². The fourth-order valence-electron chi connectivity index (χ4n) is 5.22. The first kappa shape index (κ1) is 22.3. The smallest absolute Gasteiger partial charge is 0.143 e. The molecule has 4 rings (SSSR count). The predicted molar refractivity (Wildman–Crippen MR) is 128 cm³/mol. The van der Waals surface area contributed by atoms with Crippen molar-refractivity contribution >= 4 is 11.5 Å². The molecule has 0 saturated heterocycles. The highest BCUT2D eigenvalue weighted by molar-refractivity contribution is 5.83. The number of rotatable bonds is 6. The average Bonchev–Trinajstić information content (AvgIpc) is 2.74. The third-order valence-electron chi connectivity index (χ3n) is 6.85. The number of anilines is 2. The van der Waals surface area contributed by atoms with Gasteiger partial charge in [0.15, 0.2) is 0 Å². The minimum atomic E-state index is -0.202. The fourth-order valence-corrected chi connectivity index (χ4v) is 5.22. The maximum atomic E-state index is 9.01. The van der Waals surface area contributed by atoms with Crippen LogP contribution < -0.4 is 21.1 Å². The zero-order valence-corrected chi connectivity index (χ0v) is 19.4. The minimum absolute atomic E-state index is 0.181. The van der Waals surface area contributed by atoms with Crippen molar-refractivity contribution in [3.05, 3.63) is 29.6 Å². The highest BCUT2D eigenvalue weighted by atomic mass is 16.5. The van der Waals surface area contributed by atoms with Crippen LogP contribution in [0.4, 0.5) is 11.5 Å². The second kappa shape index (κ2) is 8.95. The molecule has 4 N–H and O–H groups in total. The van der Waals surface area contributed by atoms with Gasteiger partial charge in [-0.2, -0.15) is 5.26 Å². The zero-order chi connectivity index (χ0) is 22.9. The molecule has 0 atom stereocenters. The van der Waals surface area contributed by atoms with Gasteiger partial charge in [0.05, 0.1) is 23.6 Å². The van der Waals surface area contributed by atoms with E-state index < -0.39 is 0 Å². The Hall–Kier alpha value is -2.85. The Bertz CT molecular complexity index is 1020. The van der Waals surface area contributed by atoms with Crippen molar-refractivity contribution < 1.29 is 4.74 Å². The second-order valence-corrected chi connectivity index (χ2v) is 9.82. The van der Waals surface area contributed by atoms with Gasteiger partial charge in [-0.15, -0.1) is 0 Å². The van der Waals surface area contributed by atoms with Crippen LogP contribution in [0.15, 0.2) is 18.5 Å². The summed E-state index contributed by atoms with van der Waals surface area (Å²) < 4.78 is 6.59. The number of nitriles is 1. The lowest BCUT2D eigenvalue weighted by Gasteiger charge is -2.37. The molecule has 1 aromatic carbocycles. The number of nitrogens with zero attached hydrogens (tertiary/aromatic N) is 4. The lowest BCUT2D eigenvalue weighted by molar-refractivity contribution is 0.147. The van der Waals surface area contributed by atoms with Crippen LogP contribution in [0.5, 0.6) is 5.75 Å². The Morgan fingerprint density at radius 2 is 1.97 bits per heavy atom. The molecule has 2 aliphatic rings. The van der Waals surface area contributed by atoms with Gasteiger partial charge in [0.2, 0.25) is 0 Å². The molecule has 170 valence electrons. The van der Waals surface area contributed by atoms with E-state index in [9.17, 15) is 0 Å². The summed E-state index contributed by atoms with van der Waals surface area (Å²) in [6.45, 7) is 5.18. The molecule has 0 radical (unpaired) electrons. The SMILES string of the molecule is CN(CCCC#N)c1c(OC2CCC(N)CC2)ccc2c1CC(C)(C)c1c(N)ncnc1-2. The van der Waals surface area contributed by atoms with E-state index >= 15 is 0 Å². The van der Waals surface area contributed by atoms with Crippen LogP contribution in [0.3, 0.4) is 0 Å². The molecule has 7 heteroatoms. The van der Waals surface area contributed by atoms with Gasteiger partial charge in [0.25, 0.3) is 0 Å². The number of benzene rings is 1. The van der Waals surface area contributed by atoms with Crippen molar-refractivity contribution in [3.63, 3.8) is 0 Å². The molecule has 0 bridgehead atoms. The number of hydrogen-bond acceptors (Lipinski definition) is 7. The Kier molecular flexibility index (Phi) is 6.25. The Morgan fingerprint density at radius 3 is 2.69 bits per heavy atom. The minimum Gasteiger partial charge on any atom is -0.488 e. The van der Waals surface area contributed by atoms with Crippen molar-refractivity contribution in [2.75, 3.05) is 24.2 Å². The zero-order valence-electron chi connectivity index (χ0n) is 19.4. The molecule has 0 unspecified atom stereocenters. The summed E-state index contributed by atoms with van der Waals surface area (Å²) in [6, 6.07) is 6.73. The summed E-state index contributed by atoms with van der Waals surface area (Å²) >= 11 is 0. The Labute approximate surface area is 190 Å². The molecule has 2 aromatic rings. The highest BCUT2D eigenvalue weighted by Crippen LogP contribution is 2.49. The van der Waals surface area contributed by atoms with E-state index in [1.54, 1.807) is 6.33 Å². The number of aromatic nitrogens is 2. The van der Waals surface area contributed by atoms with Gasteiger partial charge in [-0.25, -0.2) is 9.97 Å². The van der Waals surface area contributed by atoms with E-state index in [0.717, 1.165) is 73.3 Å². The Morgan fingerprint density at radius 1 is 1.22 bits per heavy atom. The molecule has 0 amide bonds. The molecule has 1 heterocycles. The van der Waals surface area contributed by atoms with Gasteiger partial charge in [-0.1, -0.05) is 13.8 Å². The quantitative estimate of drug-likeness (QED) is 0.662. The maximum Gasteiger partial charge on any atom is 0.143 e. The van der Waals surface area contributed by atoms with E-state index in [1.807, 2.05) is 0 Å². The van der Waals surface area contributed by atoms with Crippen molar-refractivity contribution in [1.82, 2.24) is 9.97 Å². The van der Waals surface area contributed by atoms with E-state index in [-0.39, 0.29) is 17.6 Å². The van der Waals surface area contributed by atoms with Gasteiger partial charge >= 0.3 is 0 Å². The number of unbranched alkanes of at least 4 members (excludes halogenated alkanes) is 1. The highest BCUT2D eigenvalue weighted by Gasteiger charge is 2.37. The van der Waals surface area contributed by atoms with Crippen molar-refractivity contribution in [2.24, 2.45) is 5.73 Å². The molecule has 7 nitrogen and oxygen atoms in total. The number of hydrogen-bond donors (Lipinski definition) is 2. The lowest BCUT2D eigenvalue weighted by Crippen LogP contribution is -2.33. The first-order valence-electron chi connectivity index (χ1n) is 11.6. The largest absolute Gasteiger partial charge is 0.488 e. The third kappa shape index (κ3) is 4.24. The summed E-state index contributed by atoms with van der Waals surface area (Å²) in [6.07, 6.45) is 7.85. The molecule has 1 fully saturated rings. The lowest BCUT2D eigenvalue weighted by atomic mass is 9.71. The van der Waals surface area contributed by atoms with Crippen molar-refractivity contribution in [2.45, 2.75) is 76.4 Å². The van der Waals surface area contributed by atoms with Crippen LogP contribution in [-0.4, -0.2) is 35.7 Å². The van der Waals surface area contributed by atoms with Crippen LogP contribution in [0.1, 0.15) is 63.5 Å². The third-order valence-corrected chi connectivity index (χ3v) is 6.85. The van der Waals surface area contributed by atoms with Gasteiger partial charge in [0, 0.05) is 37.2 Å². The average molecular weight is 435 g/mol. The van der Waals surface area contributed by atoms with Crippen LogP contribution in [0, 0.1) is 11.3 Å². The van der Waals surface area contributed by atoms with Gasteiger partial charge < -0.3 is 21.1 Å². The molecule has 32 heavy (non-hydrogen) atoms. The predicted octanol–water partition coefficient (Wildman–Crippen LogP) is 3.95. The van der Waals surface area contributed by atoms with E-state index in [0.29, 0.717) is 12.2 Å². The van der Waals surface area contributed by atoms with Crippen LogP contribution in [-0.2, 0) is 11.8 Å². The summed E-state index contributed by atoms with van der Waals surface area (Å²) in [5.74, 6) is 1.46. The molecular weight excluding hydrogens is 400 g/mol. The Balaban J connectivity index is 1.79. The number of nitrogens with two attached hydrogens (primary N) is 2. The number of nitrogen functional groups attached to an aromatic ring is 1. The summed E-state index contributed by atoms with van der Waals surface area (Å²) in [5.41, 5.74) is 17.5. The topological polar surface area (TPSA) is 114 Å². The number of ether oxygens (including phenoxy) is 1. The molecule has 2 aliphatic carbocycles. The van der Waals surface area contributed by atoms with Crippen molar-refractivity contribution in [1.29, 1.82) is 5.26 Å². The first-order valence-corrected chi connectivity index (χ1v) is 11.6. The van der Waals surface area contributed by atoms with Gasteiger partial charge in [0.1, 0.15) is 17.9 Å². The van der Waals surface area contributed by atoms with Crippen LogP contribution in [0.2, 0.25) is 0 Å². The van der Waals surface area contributed by atoms with E-state index in [1.165, 1.54) is 5.56 Å². The summed E-state index contributed by atoms with van der Waals surface area (Å²) in [4.78, 5) is 11.1. The molecule has 1 aromatic heterocycles. The van der Waals surface area contributed by atoms with Crippen LogP contribution >= 0.6 is 0 Å². The van der Waals surface area contributed by atoms with Crippen LogP contribution in [0.25, 0.3) is 11.3 Å². The molecule has 0 spiro atoms. The fraction of sp³-hybridized carbons (Fsp3) is 0.560. The maximum absolute atomic E-state index is 9.01. The normalized spacial score (nSPS) is 21.2. The van der Waals surface area contributed by atoms with E-state index in [2.05, 4.69) is 54.0 Å². The summed E-state index contributed by atoms with van der Waals surface area (Å²) in [5, 5.41) is 9.01. The monoisotopic (exact) mass is 434 g/mol. The van der Waals surface area contributed by atoms with Gasteiger partial charge in [-0.05, 0) is 61.6 Å². The standard InChI is InChI=1S/C25H34N6O/c1-25(2)14-19-18(22-21(25)24(28)30-15-29-22)10-11-20(23(19)31(3)13-5-4-12-26)32-17-8-6-16(27)7-9-17/h10-11,15-17H,4-9,13-14,27H2,1-3H3,(H2,28,29,30). The molecular formula is C25H34N6O. The van der Waals surface area contributed by atoms with Gasteiger partial charge in [-0.3, -0.25) is 0 Å². The molecule has 0 aliphatic heterocycles. The number of fused-ring (bicyclic) bond motifs is 3. The second-order valence-electron chi connectivity index (χ2n) is 9.82.